The normalized spacial score (nSPS) is 22.2. The molecule has 2 fully saturated rings. The largest absolute Gasteiger partial charge is 0.338 e. The summed E-state index contributed by atoms with van der Waals surface area (Å²) < 4.78 is 0. The minimum Gasteiger partial charge on any atom is -0.338 e. The molecule has 2 heterocycles. The smallest absolute Gasteiger partial charge is 0.253 e. The second kappa shape index (κ2) is 8.80. The quantitative estimate of drug-likeness (QED) is 0.689. The van der Waals surface area contributed by atoms with Crippen LogP contribution in [0.1, 0.15) is 46.6 Å². The highest BCUT2D eigenvalue weighted by Gasteiger charge is 2.33. The number of likely N-dealkylation sites (tertiary alicyclic amines) is 1. The van der Waals surface area contributed by atoms with Gasteiger partial charge in [0.15, 0.2) is 0 Å². The van der Waals surface area contributed by atoms with E-state index < -0.39 is 0 Å². The molecule has 2 aromatic carbocycles. The van der Waals surface area contributed by atoms with Gasteiger partial charge >= 0.3 is 0 Å². The number of benzene rings is 2. The summed E-state index contributed by atoms with van der Waals surface area (Å²) in [6.07, 6.45) is 2.27. The standard InChI is InChI=1S/C23H25ClN2O2S/c1-16-3-2-12-25(13-16)22(28)18-6-8-19(9-7-18)23-26(21(27)15-29-23)14-17-4-10-20(24)11-5-17/h4-11,16,23H,2-3,12-15H2,1H3/t16-,23-/m1/s1. The van der Waals surface area contributed by atoms with E-state index in [2.05, 4.69) is 6.92 Å². The first-order valence-corrected chi connectivity index (χ1v) is 11.5. The molecule has 0 spiro atoms. The number of carbonyl (C=O) groups excluding carboxylic acids is 2. The number of hydrogen-bond donors (Lipinski definition) is 0. The number of carbonyl (C=O) groups is 2. The van der Waals surface area contributed by atoms with Gasteiger partial charge in [0, 0.05) is 30.2 Å². The third-order valence-corrected chi connectivity index (χ3v) is 7.13. The molecule has 6 heteroatoms. The van der Waals surface area contributed by atoms with Crippen molar-refractivity contribution in [1.82, 2.24) is 9.80 Å². The van der Waals surface area contributed by atoms with Crippen LogP contribution in [-0.4, -0.2) is 40.5 Å². The molecule has 4 nitrogen and oxygen atoms in total. The highest BCUT2D eigenvalue weighted by molar-refractivity contribution is 8.00. The maximum Gasteiger partial charge on any atom is 0.253 e. The Morgan fingerprint density at radius 1 is 1.14 bits per heavy atom. The second-order valence-electron chi connectivity index (χ2n) is 7.93. The van der Waals surface area contributed by atoms with Gasteiger partial charge in [-0.25, -0.2) is 0 Å². The lowest BCUT2D eigenvalue weighted by Gasteiger charge is -2.31. The van der Waals surface area contributed by atoms with Gasteiger partial charge in [0.1, 0.15) is 5.37 Å². The Balaban J connectivity index is 1.47. The van der Waals surface area contributed by atoms with Crippen molar-refractivity contribution in [3.63, 3.8) is 0 Å². The summed E-state index contributed by atoms with van der Waals surface area (Å²) in [6, 6.07) is 15.4. The summed E-state index contributed by atoms with van der Waals surface area (Å²) in [6.45, 7) is 4.43. The average Bonchev–Trinajstić information content (AvgIpc) is 3.09. The summed E-state index contributed by atoms with van der Waals surface area (Å²) in [4.78, 5) is 29.1. The van der Waals surface area contributed by atoms with E-state index in [9.17, 15) is 9.59 Å². The third-order valence-electron chi connectivity index (χ3n) is 5.62. The molecule has 0 aliphatic carbocycles. The molecule has 152 valence electrons. The van der Waals surface area contributed by atoms with Gasteiger partial charge in [0.2, 0.25) is 5.91 Å². The summed E-state index contributed by atoms with van der Waals surface area (Å²) in [5.74, 6) is 1.29. The molecule has 2 saturated heterocycles. The van der Waals surface area contributed by atoms with Crippen LogP contribution in [-0.2, 0) is 11.3 Å². The van der Waals surface area contributed by atoms with Crippen LogP contribution in [0.2, 0.25) is 5.02 Å². The van der Waals surface area contributed by atoms with E-state index in [1.54, 1.807) is 11.8 Å². The first-order chi connectivity index (χ1) is 14.0. The molecule has 2 aliphatic rings. The first-order valence-electron chi connectivity index (χ1n) is 10.1. The van der Waals surface area contributed by atoms with E-state index in [1.807, 2.05) is 58.3 Å². The number of amides is 2. The van der Waals surface area contributed by atoms with Crippen LogP contribution in [0.4, 0.5) is 0 Å². The predicted octanol–water partition coefficient (Wildman–Crippen LogP) is 4.99. The fourth-order valence-corrected chi connectivity index (χ4v) is 5.35. The van der Waals surface area contributed by atoms with E-state index in [1.165, 1.54) is 6.42 Å². The van der Waals surface area contributed by atoms with Gasteiger partial charge in [-0.3, -0.25) is 9.59 Å². The number of hydrogen-bond acceptors (Lipinski definition) is 3. The zero-order valence-corrected chi connectivity index (χ0v) is 18.1. The van der Waals surface area contributed by atoms with Crippen molar-refractivity contribution in [2.24, 2.45) is 5.92 Å². The Bertz CT molecular complexity index is 885. The Morgan fingerprint density at radius 3 is 2.55 bits per heavy atom. The highest BCUT2D eigenvalue weighted by atomic mass is 35.5. The highest BCUT2D eigenvalue weighted by Crippen LogP contribution is 2.39. The Labute approximate surface area is 181 Å². The fraction of sp³-hybridized carbons (Fsp3) is 0.391. The van der Waals surface area contributed by atoms with Gasteiger partial charge < -0.3 is 9.80 Å². The van der Waals surface area contributed by atoms with E-state index in [0.29, 0.717) is 23.2 Å². The van der Waals surface area contributed by atoms with Gasteiger partial charge in [0.05, 0.1) is 5.75 Å². The maximum absolute atomic E-state index is 12.8. The van der Waals surface area contributed by atoms with E-state index >= 15 is 0 Å². The third kappa shape index (κ3) is 4.62. The number of piperidine rings is 1. The Kier molecular flexibility index (Phi) is 6.16. The minimum atomic E-state index is -0.0302. The van der Waals surface area contributed by atoms with Crippen LogP contribution in [0.3, 0.4) is 0 Å². The summed E-state index contributed by atoms with van der Waals surface area (Å²) in [5, 5.41) is 0.660. The summed E-state index contributed by atoms with van der Waals surface area (Å²) in [5.41, 5.74) is 2.83. The molecule has 2 aromatic rings. The van der Waals surface area contributed by atoms with Gasteiger partial charge in [-0.1, -0.05) is 42.8 Å². The van der Waals surface area contributed by atoms with E-state index in [4.69, 9.17) is 11.6 Å². The molecule has 0 bridgehead atoms. The molecule has 2 atom stereocenters. The monoisotopic (exact) mass is 428 g/mol. The van der Waals surface area contributed by atoms with Gasteiger partial charge in [0.25, 0.3) is 5.91 Å². The summed E-state index contributed by atoms with van der Waals surface area (Å²) in [7, 11) is 0. The summed E-state index contributed by atoms with van der Waals surface area (Å²) >= 11 is 7.60. The topological polar surface area (TPSA) is 40.6 Å². The van der Waals surface area contributed by atoms with Crippen LogP contribution in [0.15, 0.2) is 48.5 Å². The SMILES string of the molecule is C[C@@H]1CCCN(C(=O)c2ccc([C@H]3SCC(=O)N3Cc3ccc(Cl)cc3)cc2)C1. The zero-order valence-electron chi connectivity index (χ0n) is 16.5. The Morgan fingerprint density at radius 2 is 1.86 bits per heavy atom. The Hall–Kier alpha value is -1.98. The van der Waals surface area contributed by atoms with Crippen molar-refractivity contribution < 1.29 is 9.59 Å². The minimum absolute atomic E-state index is 0.0302. The van der Waals surface area contributed by atoms with E-state index in [0.717, 1.165) is 36.2 Å². The van der Waals surface area contributed by atoms with Gasteiger partial charge in [-0.15, -0.1) is 11.8 Å². The van der Waals surface area contributed by atoms with Crippen molar-refractivity contribution in [3.8, 4) is 0 Å². The molecule has 2 amide bonds. The van der Waals surface area contributed by atoms with Crippen LogP contribution in [0.5, 0.6) is 0 Å². The van der Waals surface area contributed by atoms with Crippen LogP contribution in [0.25, 0.3) is 0 Å². The second-order valence-corrected chi connectivity index (χ2v) is 9.44. The van der Waals surface area contributed by atoms with Crippen molar-refractivity contribution in [2.75, 3.05) is 18.8 Å². The molecular formula is C23H25ClN2O2S. The molecule has 0 aromatic heterocycles. The lowest BCUT2D eigenvalue weighted by molar-refractivity contribution is -0.128. The fourth-order valence-electron chi connectivity index (χ4n) is 4.03. The molecule has 0 unspecified atom stereocenters. The molecule has 2 aliphatic heterocycles. The average molecular weight is 429 g/mol. The molecular weight excluding hydrogens is 404 g/mol. The van der Waals surface area contributed by atoms with Crippen LogP contribution in [0, 0.1) is 5.92 Å². The molecule has 0 saturated carbocycles. The molecule has 29 heavy (non-hydrogen) atoms. The lowest BCUT2D eigenvalue weighted by atomic mass is 9.99. The maximum atomic E-state index is 12.8. The van der Waals surface area contributed by atoms with Crippen molar-refractivity contribution in [3.05, 3.63) is 70.2 Å². The number of nitrogens with zero attached hydrogens (tertiary/aromatic N) is 2. The zero-order chi connectivity index (χ0) is 20.4. The number of halogens is 1. The first kappa shape index (κ1) is 20.3. The van der Waals surface area contributed by atoms with Crippen molar-refractivity contribution >= 4 is 35.2 Å². The molecule has 4 rings (SSSR count). The van der Waals surface area contributed by atoms with Crippen LogP contribution >= 0.6 is 23.4 Å². The van der Waals surface area contributed by atoms with Gasteiger partial charge in [-0.2, -0.15) is 0 Å². The van der Waals surface area contributed by atoms with Crippen molar-refractivity contribution in [2.45, 2.75) is 31.7 Å². The van der Waals surface area contributed by atoms with E-state index in [-0.39, 0.29) is 17.2 Å². The van der Waals surface area contributed by atoms with Gasteiger partial charge in [-0.05, 0) is 54.2 Å². The lowest BCUT2D eigenvalue weighted by Crippen LogP contribution is -2.39. The number of rotatable bonds is 4. The van der Waals surface area contributed by atoms with Crippen molar-refractivity contribution in [1.29, 1.82) is 0 Å². The molecule has 0 radical (unpaired) electrons. The number of thioether (sulfide) groups is 1. The predicted molar refractivity (Wildman–Crippen MR) is 118 cm³/mol. The molecule has 0 N–H and O–H groups in total. The van der Waals surface area contributed by atoms with Crippen LogP contribution < -0.4 is 0 Å².